The van der Waals surface area contributed by atoms with Gasteiger partial charge < -0.3 is 15.6 Å². The van der Waals surface area contributed by atoms with Crippen LogP contribution in [0, 0.1) is 0 Å². The topological polar surface area (TPSA) is 72.5 Å². The summed E-state index contributed by atoms with van der Waals surface area (Å²) in [6.07, 6.45) is 0.391. The first kappa shape index (κ1) is 12.4. The highest BCUT2D eigenvalue weighted by Gasteiger charge is 2.12. The molecule has 16 heavy (non-hydrogen) atoms. The Balaban J connectivity index is 2.98. The van der Waals surface area contributed by atoms with Gasteiger partial charge in [0.2, 0.25) is 0 Å². The van der Waals surface area contributed by atoms with E-state index in [9.17, 15) is 9.90 Å². The van der Waals surface area contributed by atoms with Gasteiger partial charge in [0.25, 0.3) is 0 Å². The van der Waals surface area contributed by atoms with Gasteiger partial charge in [-0.2, -0.15) is 0 Å². The third-order valence-corrected chi connectivity index (χ3v) is 2.08. The Morgan fingerprint density at radius 1 is 1.56 bits per heavy atom. The molecule has 4 nitrogen and oxygen atoms in total. The number of aromatic hydroxyl groups is 1. The van der Waals surface area contributed by atoms with Crippen molar-refractivity contribution in [2.75, 3.05) is 6.61 Å². The zero-order valence-corrected chi connectivity index (χ0v) is 9.71. The van der Waals surface area contributed by atoms with Gasteiger partial charge in [-0.25, -0.2) is 4.79 Å². The average Bonchev–Trinajstić information content (AvgIpc) is 2.20. The molecule has 0 spiro atoms. The molecule has 0 amide bonds. The van der Waals surface area contributed by atoms with Crippen molar-refractivity contribution in [1.82, 2.24) is 0 Å². The summed E-state index contributed by atoms with van der Waals surface area (Å²) in [4.78, 5) is 11.8. The molecule has 0 fully saturated rings. The predicted octanol–water partition coefficient (Wildman–Crippen LogP) is 1.40. The van der Waals surface area contributed by atoms with E-state index < -0.39 is 5.97 Å². The smallest absolute Gasteiger partial charge is 0.341 e. The maximum Gasteiger partial charge on any atom is 0.341 e. The first-order valence-corrected chi connectivity index (χ1v) is 5.22. The van der Waals surface area contributed by atoms with Crippen molar-refractivity contribution in [3.63, 3.8) is 0 Å². The van der Waals surface area contributed by atoms with Crippen molar-refractivity contribution in [1.29, 1.82) is 0 Å². The molecule has 0 saturated carbocycles. The molecule has 0 atom stereocenters. The normalized spacial score (nSPS) is 9.81. The highest BCUT2D eigenvalue weighted by Crippen LogP contribution is 2.19. The molecule has 1 aromatic carbocycles. The van der Waals surface area contributed by atoms with Crippen molar-refractivity contribution < 1.29 is 14.6 Å². The molecule has 0 heterocycles. The molecular formula is C11H13NO3S. The summed E-state index contributed by atoms with van der Waals surface area (Å²) in [5, 5.41) is 9.50. The predicted molar refractivity (Wildman–Crippen MR) is 64.6 cm³/mol. The third-order valence-electron chi connectivity index (χ3n) is 1.93. The van der Waals surface area contributed by atoms with Crippen molar-refractivity contribution in [2.45, 2.75) is 13.3 Å². The number of carbonyl (C=O) groups excluding carboxylic acids is 1. The first-order chi connectivity index (χ1) is 7.54. The maximum atomic E-state index is 11.5. The minimum atomic E-state index is -0.551. The van der Waals surface area contributed by atoms with E-state index in [0.29, 0.717) is 11.4 Å². The Morgan fingerprint density at radius 2 is 2.25 bits per heavy atom. The number of ether oxygens (including phenoxy) is 1. The number of carbonyl (C=O) groups is 1. The number of nitrogens with two attached hydrogens (primary N) is 1. The molecule has 0 bridgehead atoms. The average molecular weight is 239 g/mol. The molecule has 0 aliphatic rings. The van der Waals surface area contributed by atoms with Gasteiger partial charge in [0.15, 0.2) is 0 Å². The van der Waals surface area contributed by atoms with Crippen LogP contribution in [0.1, 0.15) is 22.8 Å². The lowest BCUT2D eigenvalue weighted by Crippen LogP contribution is -2.12. The fourth-order valence-electron chi connectivity index (χ4n) is 1.27. The zero-order chi connectivity index (χ0) is 12.1. The van der Waals surface area contributed by atoms with E-state index in [1.807, 2.05) is 0 Å². The molecule has 5 heteroatoms. The summed E-state index contributed by atoms with van der Waals surface area (Å²) in [5.41, 5.74) is 6.31. The molecule has 0 aliphatic carbocycles. The Bertz CT molecular complexity index is 418. The van der Waals surface area contributed by atoms with Gasteiger partial charge in [-0.15, -0.1) is 0 Å². The SMILES string of the molecule is CCOC(=O)c1cc(CC(N)=S)ccc1O. The van der Waals surface area contributed by atoms with Gasteiger partial charge in [0.05, 0.1) is 11.6 Å². The molecule has 0 aromatic heterocycles. The minimum absolute atomic E-state index is 0.106. The molecule has 0 radical (unpaired) electrons. The van der Waals surface area contributed by atoms with Crippen LogP contribution < -0.4 is 5.73 Å². The lowest BCUT2D eigenvalue weighted by molar-refractivity contribution is 0.0523. The first-order valence-electron chi connectivity index (χ1n) is 4.82. The Kier molecular flexibility index (Phi) is 4.25. The van der Waals surface area contributed by atoms with Gasteiger partial charge in [-0.3, -0.25) is 0 Å². The molecule has 0 saturated heterocycles. The summed E-state index contributed by atoms with van der Waals surface area (Å²) < 4.78 is 4.81. The fourth-order valence-corrected chi connectivity index (χ4v) is 1.43. The second-order valence-electron chi connectivity index (χ2n) is 3.22. The second kappa shape index (κ2) is 5.46. The van der Waals surface area contributed by atoms with E-state index in [1.54, 1.807) is 13.0 Å². The number of esters is 1. The molecule has 3 N–H and O–H groups in total. The van der Waals surface area contributed by atoms with Crippen LogP contribution in [0.15, 0.2) is 18.2 Å². The van der Waals surface area contributed by atoms with E-state index in [1.165, 1.54) is 12.1 Å². The Hall–Kier alpha value is -1.62. The fraction of sp³-hybridized carbons (Fsp3) is 0.273. The van der Waals surface area contributed by atoms with E-state index in [-0.39, 0.29) is 17.9 Å². The molecule has 86 valence electrons. The minimum Gasteiger partial charge on any atom is -0.507 e. The largest absolute Gasteiger partial charge is 0.507 e. The maximum absolute atomic E-state index is 11.5. The summed E-state index contributed by atoms with van der Waals surface area (Å²) in [5.74, 6) is -0.657. The van der Waals surface area contributed by atoms with Crippen LogP contribution in [0.5, 0.6) is 5.75 Å². The van der Waals surface area contributed by atoms with Crippen LogP contribution in [-0.2, 0) is 11.2 Å². The van der Waals surface area contributed by atoms with Crippen molar-refractivity contribution in [3.8, 4) is 5.75 Å². The van der Waals surface area contributed by atoms with Crippen LogP contribution in [-0.4, -0.2) is 22.7 Å². The number of phenols is 1. The molecule has 0 unspecified atom stereocenters. The van der Waals surface area contributed by atoms with Crippen LogP contribution >= 0.6 is 12.2 Å². The van der Waals surface area contributed by atoms with Crippen molar-refractivity contribution in [3.05, 3.63) is 29.3 Å². The van der Waals surface area contributed by atoms with Crippen LogP contribution in [0.25, 0.3) is 0 Å². The monoisotopic (exact) mass is 239 g/mol. The Labute approximate surface area is 99.0 Å². The van der Waals surface area contributed by atoms with E-state index in [4.69, 9.17) is 22.7 Å². The van der Waals surface area contributed by atoms with Gasteiger partial charge in [-0.1, -0.05) is 18.3 Å². The van der Waals surface area contributed by atoms with E-state index >= 15 is 0 Å². The van der Waals surface area contributed by atoms with Crippen LogP contribution in [0.3, 0.4) is 0 Å². The van der Waals surface area contributed by atoms with Gasteiger partial charge in [-0.05, 0) is 24.6 Å². The summed E-state index contributed by atoms with van der Waals surface area (Å²) in [6.45, 7) is 1.96. The number of rotatable bonds is 4. The lowest BCUT2D eigenvalue weighted by atomic mass is 10.1. The summed E-state index contributed by atoms with van der Waals surface area (Å²) in [7, 11) is 0. The standard InChI is InChI=1S/C11H13NO3S/c1-2-15-11(14)8-5-7(6-10(12)16)3-4-9(8)13/h3-5,13H,2,6H2,1H3,(H2,12,16). The molecule has 1 aromatic rings. The number of thiocarbonyl (C=S) groups is 1. The van der Waals surface area contributed by atoms with E-state index in [2.05, 4.69) is 0 Å². The number of hydrogen-bond donors (Lipinski definition) is 2. The zero-order valence-electron chi connectivity index (χ0n) is 8.90. The third kappa shape index (κ3) is 3.20. The summed E-state index contributed by atoms with van der Waals surface area (Å²) in [6, 6.07) is 4.63. The van der Waals surface area contributed by atoms with Gasteiger partial charge in [0.1, 0.15) is 11.3 Å². The van der Waals surface area contributed by atoms with Crippen LogP contribution in [0.2, 0.25) is 0 Å². The van der Waals surface area contributed by atoms with E-state index in [0.717, 1.165) is 5.56 Å². The second-order valence-corrected chi connectivity index (χ2v) is 3.74. The number of hydrogen-bond acceptors (Lipinski definition) is 4. The Morgan fingerprint density at radius 3 is 2.81 bits per heavy atom. The molecular weight excluding hydrogens is 226 g/mol. The van der Waals surface area contributed by atoms with Crippen molar-refractivity contribution in [2.24, 2.45) is 5.73 Å². The van der Waals surface area contributed by atoms with Crippen molar-refractivity contribution >= 4 is 23.2 Å². The number of phenolic OH excluding ortho intramolecular Hbond substituents is 1. The highest BCUT2D eigenvalue weighted by atomic mass is 32.1. The highest BCUT2D eigenvalue weighted by molar-refractivity contribution is 7.80. The quantitative estimate of drug-likeness (QED) is 0.613. The number of benzene rings is 1. The van der Waals surface area contributed by atoms with Gasteiger partial charge >= 0.3 is 5.97 Å². The van der Waals surface area contributed by atoms with Crippen LogP contribution in [0.4, 0.5) is 0 Å². The summed E-state index contributed by atoms with van der Waals surface area (Å²) >= 11 is 4.77. The van der Waals surface area contributed by atoms with Gasteiger partial charge in [0, 0.05) is 6.42 Å². The molecule has 0 aliphatic heterocycles. The molecule has 1 rings (SSSR count). The lowest BCUT2D eigenvalue weighted by Gasteiger charge is -2.06.